The maximum absolute atomic E-state index is 10.4. The number of anilines is 1. The van der Waals surface area contributed by atoms with Crippen LogP contribution in [0.25, 0.3) is 11.2 Å². The Hall–Kier alpha value is -1.81. The molecular weight excluding hydrogens is 312 g/mol. The molecule has 3 heterocycles. The largest absolute Gasteiger partial charge is 0.388 e. The summed E-state index contributed by atoms with van der Waals surface area (Å²) in [4.78, 5) is 12.2. The van der Waals surface area contributed by atoms with E-state index in [0.29, 0.717) is 23.5 Å². The molecule has 0 unspecified atom stereocenters. The topological polar surface area (TPSA) is 145 Å². The fraction of sp³-hybridized carbons (Fsp3) is 0.667. The highest BCUT2D eigenvalue weighted by molar-refractivity contribution is 5.81. The van der Waals surface area contributed by atoms with E-state index in [1.165, 1.54) is 25.5 Å². The van der Waals surface area contributed by atoms with Crippen LogP contribution in [0.3, 0.4) is 0 Å². The van der Waals surface area contributed by atoms with Crippen LogP contribution in [0.15, 0.2) is 12.7 Å². The van der Waals surface area contributed by atoms with Gasteiger partial charge in [-0.1, -0.05) is 12.8 Å². The fourth-order valence-electron chi connectivity index (χ4n) is 3.39. The zero-order chi connectivity index (χ0) is 16.8. The Labute approximate surface area is 138 Å². The van der Waals surface area contributed by atoms with Crippen LogP contribution in [0, 0.1) is 5.92 Å². The first-order chi connectivity index (χ1) is 11.5. The molecule has 9 heteroatoms. The maximum Gasteiger partial charge on any atom is 0.167 e. The van der Waals surface area contributed by atoms with Crippen molar-refractivity contribution in [2.24, 2.45) is 11.7 Å². The number of nitrogens with two attached hydrogens (primary N) is 2. The molecule has 2 aromatic rings. The Kier molecular flexibility index (Phi) is 3.87. The minimum absolute atomic E-state index is 0.0411. The van der Waals surface area contributed by atoms with Crippen molar-refractivity contribution in [1.29, 1.82) is 0 Å². The van der Waals surface area contributed by atoms with Gasteiger partial charge in [0.2, 0.25) is 0 Å². The molecule has 1 aliphatic heterocycles. The minimum Gasteiger partial charge on any atom is -0.388 e. The molecule has 1 saturated carbocycles. The van der Waals surface area contributed by atoms with Gasteiger partial charge in [0.05, 0.1) is 12.4 Å². The first-order valence-electron chi connectivity index (χ1n) is 8.24. The van der Waals surface area contributed by atoms with Crippen LogP contribution in [0.1, 0.15) is 31.9 Å². The first-order valence-corrected chi connectivity index (χ1v) is 8.24. The molecule has 9 nitrogen and oxygen atoms in total. The van der Waals surface area contributed by atoms with Crippen LogP contribution in [0.4, 0.5) is 5.82 Å². The van der Waals surface area contributed by atoms with E-state index in [4.69, 9.17) is 16.2 Å². The second kappa shape index (κ2) is 5.92. The normalized spacial score (nSPS) is 31.6. The van der Waals surface area contributed by atoms with Crippen molar-refractivity contribution >= 4 is 17.0 Å². The highest BCUT2D eigenvalue weighted by Gasteiger charge is 2.45. The Morgan fingerprint density at radius 2 is 2.00 bits per heavy atom. The lowest BCUT2D eigenvalue weighted by atomic mass is 10.00. The van der Waals surface area contributed by atoms with Crippen LogP contribution < -0.4 is 11.5 Å². The van der Waals surface area contributed by atoms with Crippen molar-refractivity contribution in [2.75, 3.05) is 5.73 Å². The monoisotopic (exact) mass is 334 g/mol. The molecule has 0 spiro atoms. The summed E-state index contributed by atoms with van der Waals surface area (Å²) in [5.74, 6) is 0.964. The SMILES string of the molecule is Nc1ncnc2c1ncn2[C@@H]1O[C@H](C[C@H](N)CC2CC2)[C@@H](O)[C@H]1O. The zero-order valence-corrected chi connectivity index (χ0v) is 13.2. The predicted molar refractivity (Wildman–Crippen MR) is 85.6 cm³/mol. The van der Waals surface area contributed by atoms with E-state index >= 15 is 0 Å². The number of ether oxygens (including phenoxy) is 1. The number of imidazole rings is 1. The summed E-state index contributed by atoms with van der Waals surface area (Å²) >= 11 is 0. The lowest BCUT2D eigenvalue weighted by Crippen LogP contribution is -2.35. The summed E-state index contributed by atoms with van der Waals surface area (Å²) in [6, 6.07) is -0.0411. The van der Waals surface area contributed by atoms with Crippen molar-refractivity contribution in [3.05, 3.63) is 12.7 Å². The Bertz CT molecular complexity index is 733. The molecule has 0 radical (unpaired) electrons. The molecule has 6 N–H and O–H groups in total. The van der Waals surface area contributed by atoms with Crippen LogP contribution >= 0.6 is 0 Å². The lowest BCUT2D eigenvalue weighted by Gasteiger charge is -2.19. The number of hydrogen-bond acceptors (Lipinski definition) is 8. The average Bonchev–Trinajstić information content (AvgIpc) is 3.19. The molecule has 1 saturated heterocycles. The van der Waals surface area contributed by atoms with Crippen molar-refractivity contribution in [3.8, 4) is 0 Å². The van der Waals surface area contributed by atoms with Gasteiger partial charge in [0, 0.05) is 6.04 Å². The number of hydrogen-bond donors (Lipinski definition) is 4. The van der Waals surface area contributed by atoms with Crippen LogP contribution in [0.5, 0.6) is 0 Å². The van der Waals surface area contributed by atoms with Gasteiger partial charge in [-0.15, -0.1) is 0 Å². The van der Waals surface area contributed by atoms with Crippen molar-refractivity contribution < 1.29 is 14.9 Å². The molecular formula is C15H22N6O3. The third-order valence-corrected chi connectivity index (χ3v) is 4.87. The average molecular weight is 334 g/mol. The quantitative estimate of drug-likeness (QED) is 0.575. The van der Waals surface area contributed by atoms with Crippen molar-refractivity contribution in [3.63, 3.8) is 0 Å². The van der Waals surface area contributed by atoms with Gasteiger partial charge in [0.1, 0.15) is 24.1 Å². The minimum atomic E-state index is -1.09. The number of aliphatic hydroxyl groups excluding tert-OH is 2. The van der Waals surface area contributed by atoms with Gasteiger partial charge in [0.25, 0.3) is 0 Å². The summed E-state index contributed by atoms with van der Waals surface area (Å²) in [6.45, 7) is 0. The van der Waals surface area contributed by atoms with Crippen molar-refractivity contribution in [1.82, 2.24) is 19.5 Å². The zero-order valence-electron chi connectivity index (χ0n) is 13.2. The Balaban J connectivity index is 1.53. The van der Waals surface area contributed by atoms with Crippen molar-refractivity contribution in [2.45, 2.75) is 56.3 Å². The van der Waals surface area contributed by atoms with E-state index < -0.39 is 24.5 Å². The maximum atomic E-state index is 10.4. The molecule has 0 bridgehead atoms. The molecule has 5 atom stereocenters. The molecule has 130 valence electrons. The molecule has 2 fully saturated rings. The van der Waals surface area contributed by atoms with Gasteiger partial charge in [-0.25, -0.2) is 15.0 Å². The number of aliphatic hydroxyl groups is 2. The fourth-order valence-corrected chi connectivity index (χ4v) is 3.39. The molecule has 24 heavy (non-hydrogen) atoms. The summed E-state index contributed by atoms with van der Waals surface area (Å²) in [5.41, 5.74) is 12.8. The summed E-state index contributed by atoms with van der Waals surface area (Å²) in [6.07, 6.45) is 3.34. The number of fused-ring (bicyclic) bond motifs is 1. The van der Waals surface area contributed by atoms with E-state index in [1.54, 1.807) is 4.57 Å². The van der Waals surface area contributed by atoms with Gasteiger partial charge in [0.15, 0.2) is 17.7 Å². The van der Waals surface area contributed by atoms with Gasteiger partial charge in [-0.05, 0) is 18.8 Å². The van der Waals surface area contributed by atoms with E-state index in [0.717, 1.165) is 6.42 Å². The molecule has 2 aromatic heterocycles. The molecule has 0 amide bonds. The van der Waals surface area contributed by atoms with Gasteiger partial charge >= 0.3 is 0 Å². The highest BCUT2D eigenvalue weighted by atomic mass is 16.6. The third kappa shape index (κ3) is 2.73. The Morgan fingerprint density at radius 1 is 1.21 bits per heavy atom. The number of nitrogen functional groups attached to an aromatic ring is 1. The lowest BCUT2D eigenvalue weighted by molar-refractivity contribution is -0.0388. The summed E-state index contributed by atoms with van der Waals surface area (Å²) in [5, 5.41) is 20.7. The number of nitrogens with zero attached hydrogens (tertiary/aromatic N) is 4. The van der Waals surface area contributed by atoms with E-state index in [1.807, 2.05) is 0 Å². The molecule has 2 aliphatic rings. The van der Waals surface area contributed by atoms with E-state index in [2.05, 4.69) is 15.0 Å². The van der Waals surface area contributed by atoms with Crippen LogP contribution in [-0.2, 0) is 4.74 Å². The standard InChI is InChI=1S/C15H22N6O3/c16-8(3-7-1-2-7)4-9-11(22)12(23)15(24-9)21-6-20-10-13(17)18-5-19-14(10)21/h5-9,11-12,15,22-23H,1-4,16H2,(H2,17,18,19)/t8-,9-,11-,12-,15-/m1/s1. The molecule has 0 aromatic carbocycles. The second-order valence-electron chi connectivity index (χ2n) is 6.80. The van der Waals surface area contributed by atoms with Gasteiger partial charge in [-0.3, -0.25) is 4.57 Å². The predicted octanol–water partition coefficient (Wildman–Crippen LogP) is -0.455. The summed E-state index contributed by atoms with van der Waals surface area (Å²) in [7, 11) is 0. The Morgan fingerprint density at radius 3 is 2.75 bits per heavy atom. The molecule has 1 aliphatic carbocycles. The van der Waals surface area contributed by atoms with Crippen LogP contribution in [0.2, 0.25) is 0 Å². The third-order valence-electron chi connectivity index (χ3n) is 4.87. The van der Waals surface area contributed by atoms with Gasteiger partial charge in [-0.2, -0.15) is 0 Å². The second-order valence-corrected chi connectivity index (χ2v) is 6.80. The molecule has 4 rings (SSSR count). The first kappa shape index (κ1) is 15.7. The van der Waals surface area contributed by atoms with Crippen LogP contribution in [-0.4, -0.2) is 54.1 Å². The van der Waals surface area contributed by atoms with E-state index in [-0.39, 0.29) is 11.9 Å². The number of aromatic nitrogens is 4. The number of rotatable bonds is 5. The smallest absolute Gasteiger partial charge is 0.167 e. The summed E-state index contributed by atoms with van der Waals surface area (Å²) < 4.78 is 7.47. The van der Waals surface area contributed by atoms with Gasteiger partial charge < -0.3 is 26.4 Å². The highest BCUT2D eigenvalue weighted by Crippen LogP contribution is 2.37. The van der Waals surface area contributed by atoms with E-state index in [9.17, 15) is 10.2 Å².